The van der Waals surface area contributed by atoms with Crippen molar-refractivity contribution in [3.05, 3.63) is 56.0 Å². The molecular weight excluding hydrogens is 537 g/mol. The zero-order chi connectivity index (χ0) is 21.8. The molecule has 1 saturated heterocycles. The van der Waals surface area contributed by atoms with Gasteiger partial charge in [-0.1, -0.05) is 42.2 Å². The molecular formula is C21H18INO5S2. The Labute approximate surface area is 197 Å². The summed E-state index contributed by atoms with van der Waals surface area (Å²) in [6, 6.07) is 11.2. The summed E-state index contributed by atoms with van der Waals surface area (Å²) in [6.45, 7) is 1.72. The minimum atomic E-state index is -0.489. The molecule has 0 saturated carbocycles. The molecule has 2 aromatic rings. The van der Waals surface area contributed by atoms with Gasteiger partial charge in [0, 0.05) is 0 Å². The summed E-state index contributed by atoms with van der Waals surface area (Å²) < 4.78 is 16.8. The summed E-state index contributed by atoms with van der Waals surface area (Å²) in [4.78, 5) is 26.5. The highest BCUT2D eigenvalue weighted by Gasteiger charge is 2.34. The number of rotatable bonds is 6. The standard InChI is InChI=1S/C21H18INO5S2/c1-12-6-4-5-7-15(12)23-20(25)17(30-21(23)29)10-13-8-14(22)19(16(9-13)26-2)28-11-18(24)27-3/h4-10H,11H2,1-3H3/b17-10-. The predicted molar refractivity (Wildman–Crippen MR) is 130 cm³/mol. The number of carbonyl (C=O) groups excluding carboxylic acids is 2. The molecule has 30 heavy (non-hydrogen) atoms. The Bertz CT molecular complexity index is 1050. The molecule has 1 heterocycles. The molecule has 9 heteroatoms. The van der Waals surface area contributed by atoms with Gasteiger partial charge in [0.2, 0.25) is 0 Å². The summed E-state index contributed by atoms with van der Waals surface area (Å²) >= 11 is 8.80. The Kier molecular flexibility index (Phi) is 7.37. The van der Waals surface area contributed by atoms with Crippen LogP contribution >= 0.6 is 46.6 Å². The van der Waals surface area contributed by atoms with Crippen molar-refractivity contribution in [1.29, 1.82) is 0 Å². The topological polar surface area (TPSA) is 65.1 Å². The normalized spacial score (nSPS) is 14.9. The number of hydrogen-bond donors (Lipinski definition) is 0. The van der Waals surface area contributed by atoms with Crippen LogP contribution in [0.5, 0.6) is 11.5 Å². The van der Waals surface area contributed by atoms with E-state index >= 15 is 0 Å². The van der Waals surface area contributed by atoms with Crippen molar-refractivity contribution in [1.82, 2.24) is 0 Å². The number of anilines is 1. The SMILES string of the molecule is COC(=O)COc1c(I)cc(/C=C2\SC(=S)N(c3ccccc3C)C2=O)cc1OC. The van der Waals surface area contributed by atoms with E-state index in [0.29, 0.717) is 20.7 Å². The van der Waals surface area contributed by atoms with Crippen LogP contribution in [0.3, 0.4) is 0 Å². The third-order valence-corrected chi connectivity index (χ3v) is 6.37. The van der Waals surface area contributed by atoms with Crippen molar-refractivity contribution in [3.8, 4) is 11.5 Å². The van der Waals surface area contributed by atoms with Crippen molar-refractivity contribution in [3.63, 3.8) is 0 Å². The Morgan fingerprint density at radius 1 is 1.27 bits per heavy atom. The largest absolute Gasteiger partial charge is 0.493 e. The first kappa shape index (κ1) is 22.6. The van der Waals surface area contributed by atoms with E-state index in [-0.39, 0.29) is 12.5 Å². The van der Waals surface area contributed by atoms with Crippen molar-refractivity contribution < 1.29 is 23.8 Å². The average molecular weight is 555 g/mol. The van der Waals surface area contributed by atoms with Crippen molar-refractivity contribution in [2.75, 3.05) is 25.7 Å². The monoisotopic (exact) mass is 555 g/mol. The minimum absolute atomic E-state index is 0.167. The van der Waals surface area contributed by atoms with Gasteiger partial charge in [0.15, 0.2) is 22.4 Å². The number of thioether (sulfide) groups is 1. The zero-order valence-corrected chi connectivity index (χ0v) is 20.2. The summed E-state index contributed by atoms with van der Waals surface area (Å²) in [6.07, 6.45) is 1.77. The molecule has 0 unspecified atom stereocenters. The van der Waals surface area contributed by atoms with Gasteiger partial charge >= 0.3 is 5.97 Å². The average Bonchev–Trinajstić information content (AvgIpc) is 3.00. The number of methoxy groups -OCH3 is 2. The van der Waals surface area contributed by atoms with Crippen LogP contribution in [0.1, 0.15) is 11.1 Å². The maximum absolute atomic E-state index is 13.0. The predicted octanol–water partition coefficient (Wildman–Crippen LogP) is 4.57. The fourth-order valence-electron chi connectivity index (χ4n) is 2.79. The fraction of sp³-hybridized carbons (Fsp3) is 0.190. The molecule has 0 aromatic heterocycles. The Balaban J connectivity index is 1.90. The molecule has 0 aliphatic carbocycles. The second kappa shape index (κ2) is 9.80. The Hall–Kier alpha value is -2.11. The molecule has 0 atom stereocenters. The summed E-state index contributed by atoms with van der Waals surface area (Å²) in [5.41, 5.74) is 2.51. The van der Waals surface area contributed by atoms with E-state index in [1.807, 2.05) is 37.3 Å². The second-order valence-corrected chi connectivity index (χ2v) is 9.04. The lowest BCUT2D eigenvalue weighted by Gasteiger charge is -2.16. The van der Waals surface area contributed by atoms with Gasteiger partial charge in [-0.25, -0.2) is 4.79 Å². The van der Waals surface area contributed by atoms with Crippen LogP contribution < -0.4 is 14.4 Å². The maximum Gasteiger partial charge on any atom is 0.343 e. The van der Waals surface area contributed by atoms with Crippen LogP contribution in [0.15, 0.2) is 41.3 Å². The molecule has 3 rings (SSSR count). The minimum Gasteiger partial charge on any atom is -0.493 e. The van der Waals surface area contributed by atoms with Crippen molar-refractivity contribution >= 4 is 74.5 Å². The van der Waals surface area contributed by atoms with Gasteiger partial charge < -0.3 is 14.2 Å². The van der Waals surface area contributed by atoms with E-state index in [4.69, 9.17) is 21.7 Å². The third kappa shape index (κ3) is 4.79. The first-order chi connectivity index (χ1) is 14.3. The van der Waals surface area contributed by atoms with E-state index in [1.165, 1.54) is 26.0 Å². The Morgan fingerprint density at radius 2 is 2.00 bits per heavy atom. The molecule has 0 spiro atoms. The molecule has 0 bridgehead atoms. The number of hydrogen-bond acceptors (Lipinski definition) is 7. The van der Waals surface area contributed by atoms with Gasteiger partial charge in [0.05, 0.1) is 28.4 Å². The van der Waals surface area contributed by atoms with Gasteiger partial charge in [0.25, 0.3) is 5.91 Å². The van der Waals surface area contributed by atoms with Crippen molar-refractivity contribution in [2.45, 2.75) is 6.92 Å². The molecule has 1 aliphatic heterocycles. The smallest absolute Gasteiger partial charge is 0.343 e. The number of ether oxygens (including phenoxy) is 3. The number of carbonyl (C=O) groups is 2. The maximum atomic E-state index is 13.0. The van der Waals surface area contributed by atoms with Crippen LogP contribution in [0.4, 0.5) is 5.69 Å². The number of thiocarbonyl (C=S) groups is 1. The van der Waals surface area contributed by atoms with Crippen LogP contribution in [0.2, 0.25) is 0 Å². The zero-order valence-electron chi connectivity index (χ0n) is 16.4. The first-order valence-corrected chi connectivity index (χ1v) is 11.1. The van der Waals surface area contributed by atoms with Crippen molar-refractivity contribution in [2.24, 2.45) is 0 Å². The molecule has 0 radical (unpaired) electrons. The highest BCUT2D eigenvalue weighted by molar-refractivity contribution is 14.1. The molecule has 6 nitrogen and oxygen atoms in total. The second-order valence-electron chi connectivity index (χ2n) is 6.20. The van der Waals surface area contributed by atoms with E-state index in [1.54, 1.807) is 17.0 Å². The number of esters is 1. The number of halogens is 1. The van der Waals surface area contributed by atoms with Gasteiger partial charge in [0.1, 0.15) is 0 Å². The van der Waals surface area contributed by atoms with E-state index in [2.05, 4.69) is 27.3 Å². The molecule has 1 aliphatic rings. The lowest BCUT2D eigenvalue weighted by Crippen LogP contribution is -2.28. The number of benzene rings is 2. The summed E-state index contributed by atoms with van der Waals surface area (Å²) in [5.74, 6) is 0.232. The van der Waals surface area contributed by atoms with Crippen LogP contribution in [-0.4, -0.2) is 37.0 Å². The van der Waals surface area contributed by atoms with Crippen LogP contribution in [-0.2, 0) is 14.3 Å². The quantitative estimate of drug-likeness (QED) is 0.224. The molecule has 156 valence electrons. The number of para-hydroxylation sites is 1. The lowest BCUT2D eigenvalue weighted by atomic mass is 10.1. The van der Waals surface area contributed by atoms with Gasteiger partial charge in [-0.2, -0.15) is 0 Å². The Morgan fingerprint density at radius 3 is 2.67 bits per heavy atom. The fourth-order valence-corrected chi connectivity index (χ4v) is 4.86. The van der Waals surface area contributed by atoms with E-state index < -0.39 is 5.97 Å². The highest BCUT2D eigenvalue weighted by atomic mass is 127. The summed E-state index contributed by atoms with van der Waals surface area (Å²) in [5, 5.41) is 0. The van der Waals surface area contributed by atoms with Gasteiger partial charge in [-0.15, -0.1) is 0 Å². The van der Waals surface area contributed by atoms with E-state index in [0.717, 1.165) is 20.4 Å². The molecule has 0 N–H and O–H groups in total. The number of nitrogens with zero attached hydrogens (tertiary/aromatic N) is 1. The summed E-state index contributed by atoms with van der Waals surface area (Å²) in [7, 11) is 2.81. The van der Waals surface area contributed by atoms with Gasteiger partial charge in [-0.05, 0) is 64.9 Å². The first-order valence-electron chi connectivity index (χ1n) is 8.76. The van der Waals surface area contributed by atoms with E-state index in [9.17, 15) is 9.59 Å². The molecule has 1 fully saturated rings. The number of amides is 1. The van der Waals surface area contributed by atoms with Crippen LogP contribution in [0.25, 0.3) is 6.08 Å². The lowest BCUT2D eigenvalue weighted by molar-refractivity contribution is -0.142. The highest BCUT2D eigenvalue weighted by Crippen LogP contribution is 2.39. The third-order valence-electron chi connectivity index (χ3n) is 4.26. The molecule has 2 aromatic carbocycles. The number of aryl methyl sites for hydroxylation is 1. The van der Waals surface area contributed by atoms with Crippen LogP contribution in [0, 0.1) is 10.5 Å². The van der Waals surface area contributed by atoms with Gasteiger partial charge in [-0.3, -0.25) is 9.69 Å². The molecule has 1 amide bonds.